The molecule has 37 heteroatoms. The summed E-state index contributed by atoms with van der Waals surface area (Å²) >= 11 is 5.50. The number of nitrogens with one attached hydrogen (secondary N) is 1. The van der Waals surface area contributed by atoms with Crippen LogP contribution in [-0.4, -0.2) is 200 Å². The Morgan fingerprint density at radius 1 is 0.500 bits per heavy atom. The first-order valence-electron chi connectivity index (χ1n) is 29.8. The molecule has 16 atom stereocenters. The first-order valence-corrected chi connectivity index (χ1v) is 30.3. The molecule has 1 aliphatic carbocycles. The summed E-state index contributed by atoms with van der Waals surface area (Å²) in [5, 5.41) is 77.2. The number of amides is 1. The van der Waals surface area contributed by atoms with Crippen LogP contribution in [0.4, 0.5) is 4.39 Å². The standard InChI is InChI=1S/C15H23N4O5.C12H20N3O5.C11H17ClN3O4.C11H17FN3O4.4C3H7.4Y/c1-7-10(19-15(16)17)5-12(14(22)23)24-11(7)4-9(20)6-18-13(21)8-2-3-8;1-6-8(15-12(13)14)4-10(11(17)18)20-9(6)3-7(16)5-19-2;2*1-5-7(15-11(13)14)3-9(10(17)18)19-8(5)2-6(16)4-12;4*1-3-2;;;;/h4-5,7-11,20H,2-3,6H2,1H3,(H,18,21)(H,22,23)(H4,16,17,19);3-4,6-9,16H,5H2,1-2H3,(H,17,18)(H4,13,14,15);2*2-3,5-8,16H,4H2,1H3,(H,17,18)(H4,13,14,15);4*3H,1-2H3;;;;/q8*-1;;;;/t7-,9+,10+,11+;6-,7+,8+,9+;2*5-,6+,7+,8+;;;;;;;;/m1111......../s1. The van der Waals surface area contributed by atoms with Crippen LogP contribution in [0, 0.1) is 81.0 Å². The number of ether oxygens (including phenoxy) is 5. The fourth-order valence-corrected chi connectivity index (χ4v) is 7.90. The smallest absolute Gasteiger partial charge is 0.370 e. The van der Waals surface area contributed by atoms with Crippen molar-refractivity contribution >= 4 is 65.2 Å². The SMILES string of the molecule is COC[C@@H](O)[CH-][C@@H]1OC(C(=O)O)=C[C@H](N=C(N)N)[C@H]1C.C[C@@H]1[C@@H](N=C(N)N)C=C(C(=O)O)O[C@H]1[CH-][C@H](O)CCl.C[C@@H]1[C@@H](N=C(N)N)C=C(C(=O)O)O[C@H]1[CH-][C@H](O)CF.C[C@@H]1[C@@H](N=C(N)N)C=C(C(=O)O)O[C@H]1[CH-][C@H](O)CNC(=O)C1CC1.C[CH-]C.C[CH-]C.C[CH-]C.C[CH-]C.[Y].[Y].[Y].[Y]. The fourth-order valence-electron chi connectivity index (χ4n) is 7.80. The minimum atomic E-state index is -1.33. The summed E-state index contributed by atoms with van der Waals surface area (Å²) in [6.45, 7) is 22.2. The molecule has 0 aromatic rings. The maximum absolute atomic E-state index is 12.3. The van der Waals surface area contributed by atoms with E-state index in [1.807, 2.05) is 81.1 Å². The minimum Gasteiger partial charge on any atom is -0.516 e. The molecular formula is C61H105ClFN13O18Y4-8. The molecule has 556 valence electrons. The summed E-state index contributed by atoms with van der Waals surface area (Å²) in [7, 11) is 1.45. The van der Waals surface area contributed by atoms with Gasteiger partial charge in [-0.1, -0.05) is 33.8 Å². The Morgan fingerprint density at radius 2 is 0.735 bits per heavy atom. The maximum atomic E-state index is 12.3. The van der Waals surface area contributed by atoms with E-state index in [0.29, 0.717) is 0 Å². The molecule has 0 spiro atoms. The molecule has 1 fully saturated rings. The Morgan fingerprint density at radius 3 is 0.939 bits per heavy atom. The molecule has 31 nitrogen and oxygen atoms in total. The van der Waals surface area contributed by atoms with E-state index in [1.165, 1.54) is 57.1 Å². The summed E-state index contributed by atoms with van der Waals surface area (Å²) in [5.41, 5.74) is 42.6. The van der Waals surface area contributed by atoms with Gasteiger partial charge in [0.1, 0.15) is 0 Å². The van der Waals surface area contributed by atoms with Gasteiger partial charge in [-0.25, -0.2) is 39.1 Å². The van der Waals surface area contributed by atoms with Crippen molar-refractivity contribution in [2.75, 3.05) is 32.8 Å². The zero-order chi connectivity index (χ0) is 73.1. The second-order valence-electron chi connectivity index (χ2n) is 21.4. The van der Waals surface area contributed by atoms with Crippen LogP contribution >= 0.6 is 11.6 Å². The second kappa shape index (κ2) is 61.5. The van der Waals surface area contributed by atoms with Crippen LogP contribution in [0.5, 0.6) is 0 Å². The average Bonchev–Trinajstić information content (AvgIpc) is 1.01. The summed E-state index contributed by atoms with van der Waals surface area (Å²) in [6, 6.07) is -2.26. The van der Waals surface area contributed by atoms with Crippen molar-refractivity contribution < 1.29 is 224 Å². The van der Waals surface area contributed by atoms with Crippen LogP contribution in [0.25, 0.3) is 0 Å². The number of nitrogens with two attached hydrogens (primary N) is 8. The van der Waals surface area contributed by atoms with Gasteiger partial charge >= 0.3 is 23.9 Å². The molecule has 0 aromatic heterocycles. The van der Waals surface area contributed by atoms with E-state index < -0.39 is 104 Å². The monoisotopic (exact) mass is 1720 g/mol. The molecule has 25 N–H and O–H groups in total. The molecule has 1 saturated carbocycles. The molecule has 5 aliphatic rings. The number of methoxy groups -OCH3 is 1. The zero-order valence-corrected chi connectivity index (χ0v) is 70.2. The largest absolute Gasteiger partial charge is 0.516 e. The van der Waals surface area contributed by atoms with Crippen molar-refractivity contribution in [1.82, 2.24) is 5.32 Å². The predicted octanol–water partition coefficient (Wildman–Crippen LogP) is 1.08. The summed E-state index contributed by atoms with van der Waals surface area (Å²) in [5.74, 6) is -7.83. The van der Waals surface area contributed by atoms with Crippen molar-refractivity contribution in [3.05, 3.63) is 98.7 Å². The van der Waals surface area contributed by atoms with Gasteiger partial charge in [0.2, 0.25) is 5.91 Å². The topological polar surface area (TPSA) is 563 Å². The third-order valence-electron chi connectivity index (χ3n) is 12.3. The summed E-state index contributed by atoms with van der Waals surface area (Å²) < 4.78 is 38.3. The van der Waals surface area contributed by atoms with Gasteiger partial charge in [0.05, 0.1) is 30.8 Å². The maximum Gasteiger partial charge on any atom is 0.370 e. The van der Waals surface area contributed by atoms with Crippen LogP contribution < -0.4 is 51.2 Å². The molecule has 98 heavy (non-hydrogen) atoms. The van der Waals surface area contributed by atoms with E-state index in [4.69, 9.17) is 102 Å². The van der Waals surface area contributed by atoms with Crippen molar-refractivity contribution in [3.63, 3.8) is 0 Å². The second-order valence-corrected chi connectivity index (χ2v) is 21.7. The molecule has 5 rings (SSSR count). The van der Waals surface area contributed by atoms with Gasteiger partial charge in [0, 0.05) is 163 Å². The number of aliphatic imine (C=N–C) groups is 4. The number of aliphatic hydroxyl groups is 4. The number of hydrogen-bond donors (Lipinski definition) is 17. The summed E-state index contributed by atoms with van der Waals surface area (Å²) in [6.07, 6.45) is 13.7. The van der Waals surface area contributed by atoms with Gasteiger partial charge in [-0.05, 0) is 104 Å². The zero-order valence-electron chi connectivity index (χ0n) is 58.1. The van der Waals surface area contributed by atoms with E-state index in [9.17, 15) is 48.8 Å². The van der Waals surface area contributed by atoms with Crippen molar-refractivity contribution in [1.29, 1.82) is 0 Å². The van der Waals surface area contributed by atoms with Crippen LogP contribution in [0.15, 0.2) is 67.3 Å². The number of nitrogens with zero attached hydrogens (tertiary/aromatic N) is 4. The number of carboxylic acids is 4. The number of guanidine groups is 4. The number of rotatable bonds is 23. The Kier molecular flexibility index (Phi) is 68.0. The number of aliphatic hydroxyl groups excluding tert-OH is 4. The van der Waals surface area contributed by atoms with E-state index in [-0.39, 0.29) is 232 Å². The molecule has 4 heterocycles. The van der Waals surface area contributed by atoms with Crippen LogP contribution in [0.2, 0.25) is 0 Å². The van der Waals surface area contributed by atoms with E-state index in [2.05, 4.69) is 25.3 Å². The Labute approximate surface area is 682 Å². The normalized spacial score (nSPS) is 23.8. The fraction of sp³-hybridized carbons (Fsp3) is 0.590. The molecule has 0 unspecified atom stereocenters. The van der Waals surface area contributed by atoms with E-state index in [0.717, 1.165) is 12.8 Å². The predicted molar refractivity (Wildman–Crippen MR) is 356 cm³/mol. The number of hydrogen-bond acceptors (Lipinski definition) is 18. The first kappa shape index (κ1) is 108. The molecule has 4 aliphatic heterocycles. The van der Waals surface area contributed by atoms with Crippen LogP contribution in [0.3, 0.4) is 0 Å². The number of halogens is 2. The van der Waals surface area contributed by atoms with Crippen molar-refractivity contribution in [3.8, 4) is 0 Å². The Hall–Kier alpha value is -2.97. The number of aliphatic carboxylic acids is 4. The minimum absolute atomic E-state index is 0. The van der Waals surface area contributed by atoms with Gasteiger partial charge in [0.15, 0.2) is 46.9 Å². The van der Waals surface area contributed by atoms with Crippen molar-refractivity contribution in [2.45, 2.75) is 169 Å². The number of alkyl halides is 2. The Bertz CT molecular complexity index is 2420. The van der Waals surface area contributed by atoms with Gasteiger partial charge in [-0.2, -0.15) is 55.4 Å². The Balaban J connectivity index is -0.000000211. The molecule has 0 bridgehead atoms. The number of carbonyl (C=O) groups is 5. The van der Waals surface area contributed by atoms with Crippen LogP contribution in [-0.2, 0) is 178 Å². The average molecular weight is 1720 g/mol. The van der Waals surface area contributed by atoms with E-state index >= 15 is 0 Å². The first-order chi connectivity index (χ1) is 44.0. The van der Waals surface area contributed by atoms with Gasteiger partial charge < -0.3 is 141 Å². The third kappa shape index (κ3) is 48.1. The summed E-state index contributed by atoms with van der Waals surface area (Å²) in [4.78, 5) is 71.5. The van der Waals surface area contributed by atoms with Gasteiger partial charge in [-0.3, -0.25) is 34.9 Å². The van der Waals surface area contributed by atoms with Gasteiger partial charge in [-0.15, -0.1) is 11.6 Å². The molecule has 4 radical (unpaired) electrons. The van der Waals surface area contributed by atoms with Gasteiger partial charge in [0.25, 0.3) is 0 Å². The van der Waals surface area contributed by atoms with Crippen LogP contribution in [0.1, 0.15) is 95.9 Å². The third-order valence-corrected chi connectivity index (χ3v) is 12.7. The number of carbonyl (C=O) groups excluding carboxylic acids is 1. The molecule has 0 saturated heterocycles. The quantitative estimate of drug-likeness (QED) is 0.0294. The van der Waals surface area contributed by atoms with E-state index in [1.54, 1.807) is 27.7 Å². The number of carboxylic acid groups (broad SMARTS) is 4. The molecular weight excluding hydrogens is 1610 g/mol. The molecule has 1 amide bonds. The molecule has 0 aromatic carbocycles. The van der Waals surface area contributed by atoms with Crippen molar-refractivity contribution in [2.24, 2.45) is 95.4 Å².